The number of sulfonamides is 5. The number of amides is 5. The number of nitrogens with one attached hydrogen (secondary N) is 5. The Labute approximate surface area is 651 Å². The van der Waals surface area contributed by atoms with Crippen molar-refractivity contribution in [3.05, 3.63) is 177 Å². The van der Waals surface area contributed by atoms with Gasteiger partial charge >= 0.3 is 6.03 Å². The summed E-state index contributed by atoms with van der Waals surface area (Å²) in [4.78, 5) is 49.4. The minimum atomic E-state index is -3.99. The molecular formula is C72H93F9N12O15S5. The van der Waals surface area contributed by atoms with E-state index in [1.165, 1.54) is 27.9 Å². The third-order valence-corrected chi connectivity index (χ3v) is 29.7. The Bertz CT molecular complexity index is 4760. The van der Waals surface area contributed by atoms with Crippen molar-refractivity contribution < 1.29 is 106 Å². The molecule has 5 aromatic carbocycles. The van der Waals surface area contributed by atoms with Gasteiger partial charge in [0.25, 0.3) is 17.7 Å². The van der Waals surface area contributed by atoms with Crippen LogP contribution in [0.4, 0.5) is 44.3 Å². The Balaban J connectivity index is 0.000000195. The molecule has 41 heteroatoms. The van der Waals surface area contributed by atoms with Gasteiger partial charge in [-0.05, 0) is 160 Å². The zero-order valence-electron chi connectivity index (χ0n) is 61.6. The molecule has 5 fully saturated rings. The Hall–Kier alpha value is -7.26. The number of benzene rings is 5. The summed E-state index contributed by atoms with van der Waals surface area (Å²) in [6.07, 6.45) is 5.30. The fourth-order valence-corrected chi connectivity index (χ4v) is 22.6. The lowest BCUT2D eigenvalue weighted by atomic mass is 9.83. The standard InChI is InChI=1S/C26H33F3N4O5S2.C25H29F3N4O6S2.C21H31F3N4O4S/c27-22-16-24(29)23(28)14-18(22)15-25(30)19-12-20-6-7-21(13-19)33(20)40(37,38)11-9-32-39(35,36)10-8-31-26(34)17-4-2-1-3-5-17;26-20-15-22(28)21(27)13-17(20)14-23(29)16-5-8-31(9-6-16)40(37,38)11-7-30-39(35,36)12-10-32-24(33)18-3-1-2-4-19(18)25(32)34;1-32-6-4-26-21(29)27-5-7-33(30,31)28-15-2-3-16(28)9-14(8-15)20(25)11-13-10-18(23)19(24)12-17(13)22/h1-5,14,16,19-21,25,32H,6-13,15,30H2,(H,31,34);1-4,13,15-16,23,30H,5-12,14,29H2;10,12,14-16,20H,2-9,11,25H2,1H3,(H2,26,27,29)/t19?,20-,21+,25-;23-;14?,15-,16+,20-/m111/s1. The lowest BCUT2D eigenvalue weighted by Crippen LogP contribution is -2.51. The highest BCUT2D eigenvalue weighted by Crippen LogP contribution is 2.44. The van der Waals surface area contributed by atoms with E-state index in [1.54, 1.807) is 46.8 Å². The van der Waals surface area contributed by atoms with Gasteiger partial charge in [-0.25, -0.2) is 100 Å². The van der Waals surface area contributed by atoms with Crippen LogP contribution in [0, 0.1) is 70.1 Å². The number of halogens is 9. The number of urea groups is 1. The SMILES string of the molecule is COCCNC(=O)NCCS(=O)(=O)N1[C@@H]2CC[C@H]1CC([C@H](N)Cc1cc(F)c(F)cc1F)C2.N[C@H](Cc1cc(F)c(F)cc1F)C1CCN(S(=O)(=O)CCNS(=O)(=O)CCN2C(=O)c3ccccc3C2=O)CC1.N[C@H](Cc1cc(F)c(F)cc1F)C1C[C@H]2CC[C@@H](C1)N2S(=O)(=O)CCNS(=O)(=O)CCNC(=O)c1ccccc1. The molecule has 5 saturated heterocycles. The van der Waals surface area contributed by atoms with E-state index in [0.717, 1.165) is 23.1 Å². The molecule has 11 rings (SSSR count). The van der Waals surface area contributed by atoms with Crippen molar-refractivity contribution in [3.63, 3.8) is 0 Å². The summed E-state index contributed by atoms with van der Waals surface area (Å²) in [5.41, 5.74) is 19.5. The quantitative estimate of drug-likeness (QED) is 0.0123. The van der Waals surface area contributed by atoms with E-state index < -0.39 is 174 Å². The van der Waals surface area contributed by atoms with E-state index in [2.05, 4.69) is 25.4 Å². The summed E-state index contributed by atoms with van der Waals surface area (Å²) in [6.45, 7) is -0.335. The van der Waals surface area contributed by atoms with Crippen LogP contribution in [-0.2, 0) is 74.1 Å². The number of piperidine rings is 3. The van der Waals surface area contributed by atoms with Gasteiger partial charge in [-0.15, -0.1) is 0 Å². The lowest BCUT2D eigenvalue weighted by molar-refractivity contribution is 0.0663. The molecule has 0 aliphatic carbocycles. The fourth-order valence-electron chi connectivity index (χ4n) is 15.4. The van der Waals surface area contributed by atoms with Gasteiger partial charge in [-0.1, -0.05) is 30.3 Å². The average Bonchev–Trinajstić information content (AvgIpc) is 1.65. The van der Waals surface area contributed by atoms with Crippen molar-refractivity contribution >= 4 is 73.9 Å². The number of ether oxygens (including phenoxy) is 1. The third-order valence-electron chi connectivity index (χ3n) is 21.1. The van der Waals surface area contributed by atoms with E-state index in [4.69, 9.17) is 21.9 Å². The van der Waals surface area contributed by atoms with Crippen molar-refractivity contribution in [2.45, 2.75) is 126 Å². The maximum absolute atomic E-state index is 14.1. The predicted octanol–water partition coefficient (Wildman–Crippen LogP) is 4.62. The minimum Gasteiger partial charge on any atom is -0.383 e. The number of nitrogens with zero attached hydrogens (tertiary/aromatic N) is 4. The van der Waals surface area contributed by atoms with Gasteiger partial charge in [0, 0.05) is 126 Å². The maximum atomic E-state index is 14.1. The number of methoxy groups -OCH3 is 1. The molecule has 6 aliphatic rings. The number of fused-ring (bicyclic) bond motifs is 5. The van der Waals surface area contributed by atoms with Gasteiger partial charge in [-0.3, -0.25) is 19.3 Å². The first-order valence-corrected chi connectivity index (χ1v) is 44.8. The zero-order chi connectivity index (χ0) is 82.5. The molecule has 113 heavy (non-hydrogen) atoms. The summed E-state index contributed by atoms with van der Waals surface area (Å²) in [7, 11) is -17.5. The lowest BCUT2D eigenvalue weighted by Gasteiger charge is -2.40. The molecule has 11 N–H and O–H groups in total. The normalized spacial score (nSPS) is 21.2. The topological polar surface area (TPSA) is 399 Å². The van der Waals surface area contributed by atoms with E-state index >= 15 is 0 Å². The third kappa shape index (κ3) is 24.0. The van der Waals surface area contributed by atoms with E-state index in [1.807, 2.05) is 0 Å². The van der Waals surface area contributed by atoms with Crippen LogP contribution in [0.3, 0.4) is 0 Å². The molecule has 624 valence electrons. The summed E-state index contributed by atoms with van der Waals surface area (Å²) >= 11 is 0. The average molecular weight is 1700 g/mol. The summed E-state index contributed by atoms with van der Waals surface area (Å²) < 4.78 is 263. The van der Waals surface area contributed by atoms with Crippen LogP contribution in [0.25, 0.3) is 0 Å². The number of hydrogen-bond donors (Lipinski definition) is 8. The molecule has 0 saturated carbocycles. The highest BCUT2D eigenvalue weighted by molar-refractivity contribution is 7.90. The van der Waals surface area contributed by atoms with E-state index in [0.29, 0.717) is 101 Å². The molecule has 6 heterocycles. The van der Waals surface area contributed by atoms with Gasteiger partial charge in [0.1, 0.15) is 17.5 Å². The summed E-state index contributed by atoms with van der Waals surface area (Å²) in [5, 5.41) is 7.61. The van der Waals surface area contributed by atoms with Gasteiger partial charge in [0.2, 0.25) is 50.1 Å². The molecular weight excluding hydrogens is 1600 g/mol. The van der Waals surface area contributed by atoms with Crippen LogP contribution in [0.1, 0.15) is 112 Å². The highest BCUT2D eigenvalue weighted by atomic mass is 32.2. The molecule has 0 aromatic heterocycles. The maximum Gasteiger partial charge on any atom is 0.314 e. The van der Waals surface area contributed by atoms with Crippen molar-refractivity contribution in [1.29, 1.82) is 0 Å². The predicted molar refractivity (Wildman–Crippen MR) is 400 cm³/mol. The second-order valence-electron chi connectivity index (χ2n) is 28.8. The molecule has 0 spiro atoms. The number of imide groups is 1. The Morgan fingerprint density at radius 2 is 0.805 bits per heavy atom. The van der Waals surface area contributed by atoms with Crippen molar-refractivity contribution in [1.82, 2.24) is 43.2 Å². The second kappa shape index (κ2) is 39.1. The largest absolute Gasteiger partial charge is 0.383 e. The van der Waals surface area contributed by atoms with Crippen LogP contribution in [0.2, 0.25) is 0 Å². The smallest absolute Gasteiger partial charge is 0.314 e. The number of carbonyl (C=O) groups is 4. The molecule has 0 radical (unpaired) electrons. The van der Waals surface area contributed by atoms with Crippen molar-refractivity contribution in [3.8, 4) is 0 Å². The summed E-state index contributed by atoms with van der Waals surface area (Å²) in [6, 6.07) is 15.2. The molecule has 5 aromatic rings. The van der Waals surface area contributed by atoms with Gasteiger partial charge in [0.05, 0.1) is 46.5 Å². The van der Waals surface area contributed by atoms with E-state index in [-0.39, 0.29) is 134 Å². The fraction of sp³-hybridized carbons (Fsp3) is 0.528. The van der Waals surface area contributed by atoms with Crippen LogP contribution in [0.5, 0.6) is 0 Å². The van der Waals surface area contributed by atoms with Crippen LogP contribution in [0.15, 0.2) is 91.0 Å². The second-order valence-corrected chi connectivity index (χ2v) is 38.7. The van der Waals surface area contributed by atoms with Crippen LogP contribution >= 0.6 is 0 Å². The first-order chi connectivity index (χ1) is 53.3. The molecule has 27 nitrogen and oxygen atoms in total. The first-order valence-electron chi connectivity index (χ1n) is 36.7. The van der Waals surface area contributed by atoms with Crippen molar-refractivity contribution in [2.24, 2.45) is 35.0 Å². The highest BCUT2D eigenvalue weighted by Gasteiger charge is 2.49. The summed E-state index contributed by atoms with van der Waals surface area (Å²) in [5.74, 6) is -14.0. The zero-order valence-corrected chi connectivity index (χ0v) is 65.7. The van der Waals surface area contributed by atoms with Crippen LogP contribution in [-0.4, -0.2) is 221 Å². The molecule has 6 aliphatic heterocycles. The monoisotopic (exact) mass is 1700 g/mol. The minimum absolute atomic E-state index is 0.00648. The first kappa shape index (κ1) is 89.7. The van der Waals surface area contributed by atoms with Crippen LogP contribution < -0.4 is 42.6 Å². The number of carbonyl (C=O) groups excluding carboxylic acids is 4. The number of rotatable bonds is 33. The Kier molecular flexibility index (Phi) is 31.0. The number of hydrogen-bond acceptors (Lipinski definition) is 18. The van der Waals surface area contributed by atoms with Gasteiger partial charge in [-0.2, -0.15) is 8.61 Å². The van der Waals surface area contributed by atoms with Gasteiger partial charge < -0.3 is 37.9 Å². The molecule has 5 amide bonds. The number of nitrogens with two attached hydrogens (primary N) is 3. The molecule has 9 atom stereocenters. The van der Waals surface area contributed by atoms with Gasteiger partial charge in [0.15, 0.2) is 34.9 Å². The Morgan fingerprint density at radius 1 is 0.442 bits per heavy atom. The Morgan fingerprint density at radius 3 is 1.23 bits per heavy atom. The van der Waals surface area contributed by atoms with E-state index in [9.17, 15) is 101 Å². The molecule has 2 unspecified atom stereocenters. The molecule has 4 bridgehead atoms. The van der Waals surface area contributed by atoms with Crippen molar-refractivity contribution in [2.75, 3.05) is 94.8 Å².